The normalized spacial score (nSPS) is 16.7. The zero-order valence-corrected chi connectivity index (χ0v) is 7.30. The molecule has 0 aliphatic carbocycles. The Morgan fingerprint density at radius 3 is 2.82 bits per heavy atom. The first kappa shape index (κ1) is 8.18. The van der Waals surface area contributed by atoms with Crippen LogP contribution >= 0.6 is 0 Å². The van der Waals surface area contributed by atoms with Gasteiger partial charge in [0, 0.05) is 12.2 Å². The summed E-state index contributed by atoms with van der Waals surface area (Å²) in [5.41, 5.74) is 2.46. The number of hydrogen-bond acceptors (Lipinski definition) is 1. The molecule has 0 aromatic carbocycles. The smallest absolute Gasteiger partial charge is 0.156 e. The molecule has 1 rings (SSSR count). The first-order valence-electron chi connectivity index (χ1n) is 4.12. The van der Waals surface area contributed by atoms with Gasteiger partial charge in [-0.15, -0.1) is 0 Å². The van der Waals surface area contributed by atoms with Crippen LogP contribution in [0.15, 0.2) is 36.1 Å². The fourth-order valence-corrected chi connectivity index (χ4v) is 1.13. The van der Waals surface area contributed by atoms with Crippen LogP contribution in [0.5, 0.6) is 0 Å². The summed E-state index contributed by atoms with van der Waals surface area (Å²) in [5.74, 6) is 0. The van der Waals surface area contributed by atoms with Crippen molar-refractivity contribution in [2.45, 2.75) is 13.7 Å². The van der Waals surface area contributed by atoms with Crippen LogP contribution < -0.4 is 0 Å². The molecule has 0 saturated heterocycles. The Morgan fingerprint density at radius 1 is 1.55 bits per heavy atom. The van der Waals surface area contributed by atoms with Crippen molar-refractivity contribution in [1.29, 1.82) is 0 Å². The molecule has 0 radical (unpaired) electrons. The number of hydrogen-bond donors (Lipinski definition) is 0. The molecule has 0 fully saturated rings. The van der Waals surface area contributed by atoms with Crippen LogP contribution in [0.1, 0.15) is 6.92 Å². The van der Waals surface area contributed by atoms with Crippen molar-refractivity contribution < 1.29 is 0 Å². The number of likely N-dealkylation sites (N-methyl/N-ethyl adjacent to an activating group) is 1. The molecule has 0 aromatic rings. The van der Waals surface area contributed by atoms with Gasteiger partial charge in [-0.3, -0.25) is 0 Å². The summed E-state index contributed by atoms with van der Waals surface area (Å²) in [6.45, 7) is 9.23. The molecule has 0 unspecified atom stereocenters. The molecule has 0 spiro atoms. The zero-order chi connectivity index (χ0) is 8.27. The van der Waals surface area contributed by atoms with Gasteiger partial charge in [0.1, 0.15) is 0 Å². The van der Waals surface area contributed by atoms with Crippen LogP contribution in [-0.4, -0.2) is 18.7 Å². The molecule has 0 saturated carbocycles. The third-order valence-corrected chi connectivity index (χ3v) is 1.93. The lowest BCUT2D eigenvalue weighted by Gasteiger charge is -2.23. The fraction of sp³-hybridized carbons (Fsp3) is 0.333. The molecule has 11 heavy (non-hydrogen) atoms. The topological polar surface area (TPSA) is 3.24 Å². The number of rotatable bonds is 2. The van der Waals surface area contributed by atoms with E-state index in [2.05, 4.69) is 43.6 Å². The third-order valence-electron chi connectivity index (χ3n) is 1.93. The van der Waals surface area contributed by atoms with E-state index in [1.54, 1.807) is 0 Å². The van der Waals surface area contributed by atoms with Gasteiger partial charge < -0.3 is 4.90 Å². The molecular formula is C9H14BN. The minimum Gasteiger partial charge on any atom is -0.349 e. The Morgan fingerprint density at radius 2 is 2.27 bits per heavy atom. The molecule has 0 N–H and O–H groups in total. The average molecular weight is 147 g/mol. The minimum atomic E-state index is 1.01. The van der Waals surface area contributed by atoms with Gasteiger partial charge >= 0.3 is 0 Å². The maximum absolute atomic E-state index is 3.93. The predicted octanol–water partition coefficient (Wildman–Crippen LogP) is 1.72. The summed E-state index contributed by atoms with van der Waals surface area (Å²) in [6.07, 6.45) is 6.37. The molecule has 58 valence electrons. The molecular weight excluding hydrogens is 133 g/mol. The molecule has 0 aromatic heterocycles. The maximum Gasteiger partial charge on any atom is 0.156 e. The van der Waals surface area contributed by atoms with Gasteiger partial charge in [0.25, 0.3) is 0 Å². The summed E-state index contributed by atoms with van der Waals surface area (Å²) in [6, 6.07) is 0. The van der Waals surface area contributed by atoms with E-state index in [1.807, 2.05) is 0 Å². The summed E-state index contributed by atoms with van der Waals surface area (Å²) < 4.78 is 0. The van der Waals surface area contributed by atoms with E-state index in [1.165, 1.54) is 5.47 Å². The van der Waals surface area contributed by atoms with Crippen LogP contribution in [0.4, 0.5) is 0 Å². The second kappa shape index (κ2) is 3.47. The largest absolute Gasteiger partial charge is 0.349 e. The van der Waals surface area contributed by atoms with Crippen LogP contribution in [-0.2, 0) is 0 Å². The quantitative estimate of drug-likeness (QED) is 0.537. The highest BCUT2D eigenvalue weighted by Gasteiger charge is 2.04. The maximum atomic E-state index is 3.93. The van der Waals surface area contributed by atoms with Crippen molar-refractivity contribution in [2.75, 3.05) is 6.54 Å². The Labute approximate surface area is 69.3 Å². The van der Waals surface area contributed by atoms with Gasteiger partial charge in [-0.25, -0.2) is 0 Å². The molecule has 2 heteroatoms. The molecule has 0 amide bonds. The van der Waals surface area contributed by atoms with Gasteiger partial charge in [0.05, 0.1) is 0 Å². The van der Waals surface area contributed by atoms with Crippen molar-refractivity contribution in [1.82, 2.24) is 4.90 Å². The van der Waals surface area contributed by atoms with E-state index >= 15 is 0 Å². The van der Waals surface area contributed by atoms with Gasteiger partial charge in [-0.1, -0.05) is 25.0 Å². The summed E-state index contributed by atoms with van der Waals surface area (Å²) >= 11 is 0. The molecule has 1 aliphatic heterocycles. The minimum absolute atomic E-state index is 1.01. The Balaban J connectivity index is 2.75. The van der Waals surface area contributed by atoms with Crippen LogP contribution in [0.3, 0.4) is 0 Å². The van der Waals surface area contributed by atoms with E-state index in [4.69, 9.17) is 0 Å². The lowest BCUT2D eigenvalue weighted by atomic mass is 9.72. The lowest BCUT2D eigenvalue weighted by molar-refractivity contribution is 0.504. The first-order chi connectivity index (χ1) is 5.27. The van der Waals surface area contributed by atoms with Crippen molar-refractivity contribution in [3.05, 3.63) is 36.1 Å². The van der Waals surface area contributed by atoms with Crippen LogP contribution in [0, 0.1) is 0 Å². The SMILES string of the molecule is C=C1C=CC(BC)=CN1CC. The second-order valence-corrected chi connectivity index (χ2v) is 2.67. The molecule has 1 heterocycles. The van der Waals surface area contributed by atoms with Gasteiger partial charge in [0.2, 0.25) is 0 Å². The lowest BCUT2D eigenvalue weighted by Crippen LogP contribution is -2.17. The molecule has 1 nitrogen and oxygen atoms in total. The summed E-state index contributed by atoms with van der Waals surface area (Å²) in [5, 5.41) is 0. The average Bonchev–Trinajstić information content (AvgIpc) is 2.05. The Hall–Kier alpha value is -0.915. The van der Waals surface area contributed by atoms with E-state index in [0.29, 0.717) is 0 Å². The van der Waals surface area contributed by atoms with Crippen LogP contribution in [0.25, 0.3) is 0 Å². The van der Waals surface area contributed by atoms with Gasteiger partial charge in [-0.05, 0) is 19.2 Å². The second-order valence-electron chi connectivity index (χ2n) is 2.67. The molecule has 0 atom stereocenters. The first-order valence-corrected chi connectivity index (χ1v) is 4.12. The Kier molecular flexibility index (Phi) is 2.58. The van der Waals surface area contributed by atoms with E-state index in [9.17, 15) is 0 Å². The van der Waals surface area contributed by atoms with E-state index in [-0.39, 0.29) is 0 Å². The summed E-state index contributed by atoms with van der Waals surface area (Å²) in [4.78, 5) is 2.17. The zero-order valence-electron chi connectivity index (χ0n) is 7.30. The molecule has 1 aliphatic rings. The fourth-order valence-electron chi connectivity index (χ4n) is 1.13. The van der Waals surface area contributed by atoms with Crippen molar-refractivity contribution in [2.24, 2.45) is 0 Å². The molecule has 0 bridgehead atoms. The van der Waals surface area contributed by atoms with E-state index < -0.39 is 0 Å². The highest BCUT2D eigenvalue weighted by Crippen LogP contribution is 2.13. The number of nitrogens with zero attached hydrogens (tertiary/aromatic N) is 1. The highest BCUT2D eigenvalue weighted by molar-refractivity contribution is 6.44. The summed E-state index contributed by atoms with van der Waals surface area (Å²) in [7, 11) is 1.10. The van der Waals surface area contributed by atoms with Crippen molar-refractivity contribution in [3.63, 3.8) is 0 Å². The third kappa shape index (κ3) is 1.76. The predicted molar refractivity (Wildman–Crippen MR) is 51.8 cm³/mol. The standard InChI is InChI=1S/C9H14BN/c1-4-11-7-9(10-3)6-5-8(11)2/h5-7,10H,2,4H2,1,3H3. The Bertz CT molecular complexity index is 216. The number of allylic oxidation sites excluding steroid dienone is 3. The highest BCUT2D eigenvalue weighted by atomic mass is 15.1. The van der Waals surface area contributed by atoms with Crippen molar-refractivity contribution in [3.8, 4) is 0 Å². The van der Waals surface area contributed by atoms with Gasteiger partial charge in [0.15, 0.2) is 7.28 Å². The van der Waals surface area contributed by atoms with Crippen molar-refractivity contribution >= 4 is 7.28 Å². The van der Waals surface area contributed by atoms with Gasteiger partial charge in [-0.2, -0.15) is 0 Å². The van der Waals surface area contributed by atoms with E-state index in [0.717, 1.165) is 19.5 Å². The monoisotopic (exact) mass is 147 g/mol. The van der Waals surface area contributed by atoms with Crippen LogP contribution in [0.2, 0.25) is 6.82 Å².